The highest BCUT2D eigenvalue weighted by Gasteiger charge is 2.28. The van der Waals surface area contributed by atoms with Gasteiger partial charge in [-0.3, -0.25) is 4.98 Å². The van der Waals surface area contributed by atoms with Crippen LogP contribution < -0.4 is 4.72 Å². The van der Waals surface area contributed by atoms with Crippen molar-refractivity contribution in [1.29, 1.82) is 0 Å². The summed E-state index contributed by atoms with van der Waals surface area (Å²) in [5, 5.41) is 0.895. The molecule has 3 aromatic rings. The molecule has 2 aromatic heterocycles. The minimum atomic E-state index is -3.32. The van der Waals surface area contributed by atoms with E-state index in [1.54, 1.807) is 24.5 Å². The van der Waals surface area contributed by atoms with Crippen LogP contribution in [0.15, 0.2) is 42.7 Å². The van der Waals surface area contributed by atoms with E-state index in [0.29, 0.717) is 21.6 Å². The van der Waals surface area contributed by atoms with Crippen LogP contribution in [-0.2, 0) is 15.4 Å². The summed E-state index contributed by atoms with van der Waals surface area (Å²) in [4.78, 5) is 12.2. The third kappa shape index (κ3) is 4.72. The molecule has 9 heteroatoms. The first-order valence-corrected chi connectivity index (χ1v) is 11.1. The van der Waals surface area contributed by atoms with Crippen LogP contribution in [0.1, 0.15) is 19.7 Å². The minimum Gasteiger partial charge on any atom is -0.341 e. The average Bonchev–Trinajstić information content (AvgIpc) is 3.09. The van der Waals surface area contributed by atoms with Crippen LogP contribution in [0.4, 0.5) is 0 Å². The first-order chi connectivity index (χ1) is 13.1. The largest absolute Gasteiger partial charge is 0.341 e. The van der Waals surface area contributed by atoms with Gasteiger partial charge in [-0.2, -0.15) is 0 Å². The highest BCUT2D eigenvalue weighted by molar-refractivity contribution is 7.88. The molecule has 2 heterocycles. The van der Waals surface area contributed by atoms with Gasteiger partial charge in [-0.25, -0.2) is 18.1 Å². The summed E-state index contributed by atoms with van der Waals surface area (Å²) >= 11 is 12.3. The van der Waals surface area contributed by atoms with E-state index < -0.39 is 15.4 Å². The van der Waals surface area contributed by atoms with Crippen molar-refractivity contribution in [2.24, 2.45) is 0 Å². The molecule has 0 aliphatic heterocycles. The van der Waals surface area contributed by atoms with Crippen LogP contribution in [0.25, 0.3) is 22.5 Å². The predicted molar refractivity (Wildman–Crippen MR) is 113 cm³/mol. The summed E-state index contributed by atoms with van der Waals surface area (Å²) in [5.74, 6) is 0.650. The lowest BCUT2D eigenvalue weighted by Crippen LogP contribution is -2.36. The average molecular weight is 439 g/mol. The Balaban J connectivity index is 2.11. The Labute approximate surface area is 174 Å². The lowest BCUT2D eigenvalue weighted by Gasteiger charge is -2.22. The maximum Gasteiger partial charge on any atom is 0.208 e. The zero-order valence-electron chi connectivity index (χ0n) is 15.6. The maximum atomic E-state index is 11.5. The molecule has 0 fully saturated rings. The zero-order valence-corrected chi connectivity index (χ0v) is 18.0. The molecule has 148 valence electrons. The summed E-state index contributed by atoms with van der Waals surface area (Å²) in [6.07, 6.45) is 4.53. The Kier molecular flexibility index (Phi) is 5.82. The van der Waals surface area contributed by atoms with Crippen molar-refractivity contribution >= 4 is 33.2 Å². The molecule has 6 nitrogen and oxygen atoms in total. The van der Waals surface area contributed by atoms with Gasteiger partial charge in [-0.05, 0) is 24.3 Å². The fourth-order valence-corrected chi connectivity index (χ4v) is 3.59. The van der Waals surface area contributed by atoms with Gasteiger partial charge in [-0.15, -0.1) is 0 Å². The van der Waals surface area contributed by atoms with Crippen LogP contribution in [0.2, 0.25) is 10.0 Å². The molecule has 0 atom stereocenters. The van der Waals surface area contributed by atoms with E-state index in [4.69, 9.17) is 28.2 Å². The number of pyridine rings is 1. The maximum absolute atomic E-state index is 11.5. The number of halogens is 2. The fourth-order valence-electron chi connectivity index (χ4n) is 2.67. The Morgan fingerprint density at radius 1 is 1.07 bits per heavy atom. The van der Waals surface area contributed by atoms with Crippen LogP contribution in [0.5, 0.6) is 0 Å². The van der Waals surface area contributed by atoms with Crippen LogP contribution >= 0.6 is 23.2 Å². The number of aromatic amines is 1. The quantitative estimate of drug-likeness (QED) is 0.601. The van der Waals surface area contributed by atoms with Crippen molar-refractivity contribution in [3.8, 4) is 22.5 Å². The van der Waals surface area contributed by atoms with Gasteiger partial charge in [-0.1, -0.05) is 43.1 Å². The summed E-state index contributed by atoms with van der Waals surface area (Å²) < 4.78 is 25.6. The van der Waals surface area contributed by atoms with E-state index in [9.17, 15) is 8.42 Å². The Morgan fingerprint density at radius 3 is 2.36 bits per heavy atom. The van der Waals surface area contributed by atoms with Gasteiger partial charge in [0.2, 0.25) is 10.0 Å². The van der Waals surface area contributed by atoms with Gasteiger partial charge in [0.1, 0.15) is 5.82 Å². The smallest absolute Gasteiger partial charge is 0.208 e. The molecule has 0 saturated carbocycles. The monoisotopic (exact) mass is 438 g/mol. The van der Waals surface area contributed by atoms with Crippen molar-refractivity contribution in [2.75, 3.05) is 12.8 Å². The van der Waals surface area contributed by atoms with E-state index in [0.717, 1.165) is 23.1 Å². The Morgan fingerprint density at radius 2 is 1.75 bits per heavy atom. The number of benzene rings is 1. The number of rotatable bonds is 6. The summed E-state index contributed by atoms with van der Waals surface area (Å²) in [6.45, 7) is 4.04. The summed E-state index contributed by atoms with van der Waals surface area (Å²) in [6, 6.07) is 9.08. The predicted octanol–water partition coefficient (Wildman–Crippen LogP) is 4.27. The topological polar surface area (TPSA) is 87.7 Å². The SMILES string of the molecule is CC(C)(CNS(C)(=O)=O)c1nc(-c2ccc(Cl)c(Cl)c2)c(-c2ccncc2)[nH]1. The molecule has 3 rings (SSSR count). The lowest BCUT2D eigenvalue weighted by atomic mass is 9.93. The Hall–Kier alpha value is -1.93. The van der Waals surface area contributed by atoms with Gasteiger partial charge in [0.25, 0.3) is 0 Å². The second-order valence-electron chi connectivity index (χ2n) is 7.15. The standard InChI is InChI=1S/C19H20Cl2N4O2S/c1-19(2,11-23-28(3,26)27)18-24-16(12-6-8-22-9-7-12)17(25-18)13-4-5-14(20)15(21)10-13/h4-10,23H,11H2,1-3H3,(H,24,25). The normalized spacial score (nSPS) is 12.3. The van der Waals surface area contributed by atoms with Crippen molar-refractivity contribution in [3.05, 3.63) is 58.6 Å². The van der Waals surface area contributed by atoms with Gasteiger partial charge < -0.3 is 4.98 Å². The number of hydrogen-bond acceptors (Lipinski definition) is 4. The molecular formula is C19H20Cl2N4O2S. The fraction of sp³-hybridized carbons (Fsp3) is 0.263. The number of H-pyrrole nitrogens is 1. The molecule has 0 amide bonds. The number of imidazole rings is 1. The van der Waals surface area contributed by atoms with E-state index >= 15 is 0 Å². The zero-order chi connectivity index (χ0) is 20.5. The van der Waals surface area contributed by atoms with Crippen molar-refractivity contribution in [1.82, 2.24) is 19.7 Å². The molecule has 1 aromatic carbocycles. The molecule has 0 aliphatic carbocycles. The molecular weight excluding hydrogens is 419 g/mol. The number of nitrogens with one attached hydrogen (secondary N) is 2. The van der Waals surface area contributed by atoms with Gasteiger partial charge >= 0.3 is 0 Å². The molecule has 0 unspecified atom stereocenters. The molecule has 0 saturated heterocycles. The van der Waals surface area contributed by atoms with E-state index in [1.165, 1.54) is 0 Å². The van der Waals surface area contributed by atoms with Crippen LogP contribution in [-0.4, -0.2) is 36.2 Å². The number of hydrogen-bond donors (Lipinski definition) is 2. The first kappa shape index (κ1) is 20.8. The van der Waals surface area contributed by atoms with Gasteiger partial charge in [0, 0.05) is 35.5 Å². The second-order valence-corrected chi connectivity index (χ2v) is 9.80. The molecule has 2 N–H and O–H groups in total. The van der Waals surface area contributed by atoms with Crippen LogP contribution in [0.3, 0.4) is 0 Å². The third-order valence-electron chi connectivity index (χ3n) is 4.28. The van der Waals surface area contributed by atoms with E-state index in [1.807, 2.05) is 32.0 Å². The highest BCUT2D eigenvalue weighted by Crippen LogP contribution is 2.35. The minimum absolute atomic E-state index is 0.204. The summed E-state index contributed by atoms with van der Waals surface area (Å²) in [5.41, 5.74) is 2.63. The molecule has 28 heavy (non-hydrogen) atoms. The van der Waals surface area contributed by atoms with Crippen LogP contribution in [0, 0.1) is 0 Å². The molecule has 0 aliphatic rings. The molecule has 0 radical (unpaired) electrons. The van der Waals surface area contributed by atoms with E-state index in [2.05, 4.69) is 14.7 Å². The Bertz CT molecular complexity index is 1100. The highest BCUT2D eigenvalue weighted by atomic mass is 35.5. The van der Waals surface area contributed by atoms with Crippen molar-refractivity contribution in [2.45, 2.75) is 19.3 Å². The lowest BCUT2D eigenvalue weighted by molar-refractivity contribution is 0.480. The van der Waals surface area contributed by atoms with E-state index in [-0.39, 0.29) is 6.54 Å². The second kappa shape index (κ2) is 7.83. The summed E-state index contributed by atoms with van der Waals surface area (Å²) in [7, 11) is -3.32. The number of aromatic nitrogens is 3. The number of sulfonamides is 1. The van der Waals surface area contributed by atoms with Crippen molar-refractivity contribution < 1.29 is 8.42 Å². The van der Waals surface area contributed by atoms with Gasteiger partial charge in [0.15, 0.2) is 0 Å². The molecule has 0 bridgehead atoms. The molecule has 0 spiro atoms. The third-order valence-corrected chi connectivity index (χ3v) is 5.69. The number of nitrogens with zero attached hydrogens (tertiary/aromatic N) is 2. The van der Waals surface area contributed by atoms with Crippen molar-refractivity contribution in [3.63, 3.8) is 0 Å². The first-order valence-electron chi connectivity index (χ1n) is 8.48. The van der Waals surface area contributed by atoms with Gasteiger partial charge in [0.05, 0.1) is 27.7 Å².